The first-order valence-electron chi connectivity index (χ1n) is 15.7. The maximum atomic E-state index is 11.3. The van der Waals surface area contributed by atoms with Crippen molar-refractivity contribution in [2.45, 2.75) is 33.2 Å². The van der Waals surface area contributed by atoms with Crippen LogP contribution in [-0.4, -0.2) is 10.9 Å². The number of rotatable bonds is 10. The molecule has 0 N–H and O–H groups in total. The summed E-state index contributed by atoms with van der Waals surface area (Å²) in [6.07, 6.45) is 3.06. The first-order valence-corrected chi connectivity index (χ1v) is 15.7. The summed E-state index contributed by atoms with van der Waals surface area (Å²) in [4.78, 5) is 13.5. The highest BCUT2D eigenvalue weighted by Gasteiger charge is 2.16. The summed E-state index contributed by atoms with van der Waals surface area (Å²) in [6.45, 7) is 5.54. The number of carbonyl (C=O) groups excluding carboxylic acids is 1. The van der Waals surface area contributed by atoms with Crippen molar-refractivity contribution in [1.82, 2.24) is 4.57 Å². The Hall–Kier alpha value is -5.35. The van der Waals surface area contributed by atoms with Gasteiger partial charge in [-0.05, 0) is 109 Å². The Morgan fingerprint density at radius 2 is 1.20 bits per heavy atom. The predicted molar refractivity (Wildman–Crippen MR) is 187 cm³/mol. The van der Waals surface area contributed by atoms with Crippen molar-refractivity contribution in [3.8, 4) is 22.5 Å². The van der Waals surface area contributed by atoms with E-state index in [1.54, 1.807) is 6.07 Å². The molecule has 0 aliphatic rings. The first kappa shape index (κ1) is 28.4. The number of fused-ring (bicyclic) bond motifs is 3. The molecule has 0 radical (unpaired) electrons. The van der Waals surface area contributed by atoms with Gasteiger partial charge >= 0.3 is 0 Å². The number of hydrogen-bond acceptors (Lipinski definition) is 3. The molecule has 2 heterocycles. The van der Waals surface area contributed by atoms with Gasteiger partial charge in [-0.3, -0.25) is 4.79 Å². The normalized spacial score (nSPS) is 11.4. The summed E-state index contributed by atoms with van der Waals surface area (Å²) in [5.41, 5.74) is 9.11. The van der Waals surface area contributed by atoms with Gasteiger partial charge in [-0.2, -0.15) is 0 Å². The molecule has 0 unspecified atom stereocenters. The van der Waals surface area contributed by atoms with E-state index in [0.29, 0.717) is 17.4 Å². The maximum Gasteiger partial charge on any atom is 0.185 e. The standard InChI is InChI=1S/C41H36N2O2/c1-29(2)10-9-25-42-39-22-17-31(26-37(39)38-27-32(18-23-40(38)42)41-24-21-36(28-44)45-41)30-15-19-35(20-16-30)43(33-11-5-3-6-12-33)34-13-7-4-8-14-34/h3-8,11-24,26-29H,9-10,25H2,1-2H3. The fourth-order valence-electron chi connectivity index (χ4n) is 6.31. The molecule has 7 rings (SSSR count). The van der Waals surface area contributed by atoms with Crippen LogP contribution in [0.25, 0.3) is 44.3 Å². The second-order valence-corrected chi connectivity index (χ2v) is 12.0. The van der Waals surface area contributed by atoms with E-state index in [9.17, 15) is 4.79 Å². The van der Waals surface area contributed by atoms with Gasteiger partial charge in [0.05, 0.1) is 0 Å². The molecule has 0 atom stereocenters. The van der Waals surface area contributed by atoms with Crippen molar-refractivity contribution < 1.29 is 9.21 Å². The Balaban J connectivity index is 1.30. The molecule has 0 fully saturated rings. The molecule has 0 saturated carbocycles. The SMILES string of the molecule is CC(C)CCCn1c2ccc(-c3ccc(N(c4ccccc4)c4ccccc4)cc3)cc2c2cc(-c3ccc(C=O)o3)ccc21. The first-order chi connectivity index (χ1) is 22.1. The lowest BCUT2D eigenvalue weighted by Gasteiger charge is -2.25. The molecule has 0 saturated heterocycles. The number of anilines is 3. The lowest BCUT2D eigenvalue weighted by molar-refractivity contribution is 0.110. The van der Waals surface area contributed by atoms with Crippen molar-refractivity contribution in [3.63, 3.8) is 0 Å². The molecule has 4 nitrogen and oxygen atoms in total. The predicted octanol–water partition coefficient (Wildman–Crippen LogP) is 11.4. The zero-order valence-corrected chi connectivity index (χ0v) is 25.7. The third-order valence-electron chi connectivity index (χ3n) is 8.54. The Kier molecular flexibility index (Phi) is 7.79. The quantitative estimate of drug-likeness (QED) is 0.149. The molecule has 5 aromatic carbocycles. The van der Waals surface area contributed by atoms with E-state index in [0.717, 1.165) is 41.9 Å². The third kappa shape index (κ3) is 5.67. The van der Waals surface area contributed by atoms with E-state index in [1.165, 1.54) is 39.4 Å². The summed E-state index contributed by atoms with van der Waals surface area (Å²) in [7, 11) is 0. The fraction of sp³-hybridized carbons (Fsp3) is 0.146. The minimum absolute atomic E-state index is 0.338. The van der Waals surface area contributed by atoms with E-state index >= 15 is 0 Å². The van der Waals surface area contributed by atoms with Gasteiger partial charge in [-0.15, -0.1) is 0 Å². The topological polar surface area (TPSA) is 38.4 Å². The van der Waals surface area contributed by atoms with Gasteiger partial charge in [-0.1, -0.05) is 68.4 Å². The van der Waals surface area contributed by atoms with Crippen LogP contribution in [0, 0.1) is 5.92 Å². The van der Waals surface area contributed by atoms with Crippen LogP contribution >= 0.6 is 0 Å². The number of benzene rings is 5. The molecular weight excluding hydrogens is 552 g/mol. The Morgan fingerprint density at radius 3 is 1.78 bits per heavy atom. The second-order valence-electron chi connectivity index (χ2n) is 12.0. The number of nitrogens with zero attached hydrogens (tertiary/aromatic N) is 2. The number of para-hydroxylation sites is 2. The van der Waals surface area contributed by atoms with E-state index in [1.807, 2.05) is 18.2 Å². The molecule has 45 heavy (non-hydrogen) atoms. The van der Waals surface area contributed by atoms with E-state index in [-0.39, 0.29) is 0 Å². The fourth-order valence-corrected chi connectivity index (χ4v) is 6.31. The largest absolute Gasteiger partial charge is 0.453 e. The monoisotopic (exact) mass is 588 g/mol. The van der Waals surface area contributed by atoms with Gasteiger partial charge in [0, 0.05) is 51.0 Å². The highest BCUT2D eigenvalue weighted by Crippen LogP contribution is 2.38. The zero-order chi connectivity index (χ0) is 30.8. The second kappa shape index (κ2) is 12.3. The van der Waals surface area contributed by atoms with Gasteiger partial charge in [0.15, 0.2) is 12.0 Å². The summed E-state index contributed by atoms with van der Waals surface area (Å²) in [5.74, 6) is 1.71. The molecule has 7 aromatic rings. The van der Waals surface area contributed by atoms with Gasteiger partial charge < -0.3 is 13.9 Å². The van der Waals surface area contributed by atoms with Gasteiger partial charge in [0.1, 0.15) is 5.76 Å². The molecule has 0 amide bonds. The average Bonchev–Trinajstić information content (AvgIpc) is 3.69. The van der Waals surface area contributed by atoms with Gasteiger partial charge in [0.2, 0.25) is 0 Å². The van der Waals surface area contributed by atoms with Gasteiger partial charge in [0.25, 0.3) is 0 Å². The highest BCUT2D eigenvalue weighted by atomic mass is 16.3. The van der Waals surface area contributed by atoms with Crippen LogP contribution in [0.3, 0.4) is 0 Å². The maximum absolute atomic E-state index is 11.3. The van der Waals surface area contributed by atoms with Crippen LogP contribution in [0.15, 0.2) is 138 Å². The molecule has 222 valence electrons. The summed E-state index contributed by atoms with van der Waals surface area (Å²) < 4.78 is 8.25. The molecular formula is C41H36N2O2. The Bertz CT molecular complexity index is 2030. The molecule has 0 spiro atoms. The molecule has 4 heteroatoms. The Morgan fingerprint density at radius 1 is 0.644 bits per heavy atom. The average molecular weight is 589 g/mol. The Labute approximate surface area is 264 Å². The molecule has 0 aliphatic carbocycles. The number of hydrogen-bond donors (Lipinski definition) is 0. The summed E-state index contributed by atoms with van der Waals surface area (Å²) in [6, 6.07) is 46.7. The van der Waals surface area contributed by atoms with Crippen molar-refractivity contribution in [3.05, 3.63) is 139 Å². The summed E-state index contributed by atoms with van der Waals surface area (Å²) in [5, 5.41) is 2.41. The van der Waals surface area contributed by atoms with E-state index < -0.39 is 0 Å². The van der Waals surface area contributed by atoms with Crippen LogP contribution < -0.4 is 4.90 Å². The number of aryl methyl sites for hydroxylation is 1. The van der Waals surface area contributed by atoms with Crippen LogP contribution in [-0.2, 0) is 6.54 Å². The van der Waals surface area contributed by atoms with E-state index in [4.69, 9.17) is 4.42 Å². The highest BCUT2D eigenvalue weighted by molar-refractivity contribution is 6.10. The number of carbonyl (C=O) groups is 1. The molecule has 0 bridgehead atoms. The van der Waals surface area contributed by atoms with Crippen molar-refractivity contribution >= 4 is 45.2 Å². The minimum atomic E-state index is 0.338. The minimum Gasteiger partial charge on any atom is -0.453 e. The smallest absolute Gasteiger partial charge is 0.185 e. The zero-order valence-electron chi connectivity index (χ0n) is 25.7. The number of aromatic nitrogens is 1. The van der Waals surface area contributed by atoms with Crippen LogP contribution in [0.5, 0.6) is 0 Å². The summed E-state index contributed by atoms with van der Waals surface area (Å²) >= 11 is 0. The van der Waals surface area contributed by atoms with Crippen LogP contribution in [0.4, 0.5) is 17.1 Å². The lowest BCUT2D eigenvalue weighted by atomic mass is 10.0. The van der Waals surface area contributed by atoms with Crippen LogP contribution in [0.2, 0.25) is 0 Å². The number of furan rings is 1. The molecule has 2 aromatic heterocycles. The lowest BCUT2D eigenvalue weighted by Crippen LogP contribution is -2.09. The van der Waals surface area contributed by atoms with Crippen LogP contribution in [0.1, 0.15) is 37.2 Å². The van der Waals surface area contributed by atoms with E-state index in [2.05, 4.69) is 133 Å². The van der Waals surface area contributed by atoms with Crippen molar-refractivity contribution in [2.75, 3.05) is 4.90 Å². The van der Waals surface area contributed by atoms with Crippen molar-refractivity contribution in [1.29, 1.82) is 0 Å². The third-order valence-corrected chi connectivity index (χ3v) is 8.54. The van der Waals surface area contributed by atoms with Gasteiger partial charge in [-0.25, -0.2) is 0 Å². The molecule has 0 aliphatic heterocycles. The van der Waals surface area contributed by atoms with Crippen molar-refractivity contribution in [2.24, 2.45) is 5.92 Å². The number of aldehydes is 1.